The number of nitro groups is 1. The van der Waals surface area contributed by atoms with Gasteiger partial charge in [0.2, 0.25) is 0 Å². The van der Waals surface area contributed by atoms with Gasteiger partial charge in [0.05, 0.1) is 16.2 Å². The summed E-state index contributed by atoms with van der Waals surface area (Å²) in [6.07, 6.45) is 2.96. The summed E-state index contributed by atoms with van der Waals surface area (Å²) in [6.45, 7) is 1.13. The summed E-state index contributed by atoms with van der Waals surface area (Å²) in [5, 5.41) is 19.7. The molecule has 3 rings (SSSR count). The van der Waals surface area contributed by atoms with Crippen LogP contribution in [-0.2, 0) is 11.2 Å². The Balaban J connectivity index is 1.73. The molecule has 1 saturated heterocycles. The Bertz CT molecular complexity index is 884. The first-order chi connectivity index (χ1) is 13.6. The molecule has 0 atom stereocenters. The smallest absolute Gasteiger partial charge is 0.341 e. The van der Waals surface area contributed by atoms with Gasteiger partial charge in [0.25, 0.3) is 5.69 Å². The molecule has 7 nitrogen and oxygen atoms in total. The molecule has 0 N–H and O–H groups in total. The van der Waals surface area contributed by atoms with Crippen LogP contribution >= 0.6 is 0 Å². The average molecular weight is 379 g/mol. The van der Waals surface area contributed by atoms with Crippen molar-refractivity contribution in [2.45, 2.75) is 19.3 Å². The van der Waals surface area contributed by atoms with Gasteiger partial charge in [-0.3, -0.25) is 10.1 Å². The van der Waals surface area contributed by atoms with Crippen molar-refractivity contribution in [3.8, 4) is 6.07 Å². The minimum Gasteiger partial charge on any atom is -0.447 e. The number of rotatable bonds is 6. The first-order valence-electron chi connectivity index (χ1n) is 9.20. The molecule has 7 heteroatoms. The summed E-state index contributed by atoms with van der Waals surface area (Å²) in [7, 11) is 0. The van der Waals surface area contributed by atoms with Gasteiger partial charge in [0, 0.05) is 25.2 Å². The molecular formula is C21H21N3O4. The van der Waals surface area contributed by atoms with E-state index in [0.717, 1.165) is 32.4 Å². The molecule has 0 spiro atoms. The van der Waals surface area contributed by atoms with Gasteiger partial charge < -0.3 is 9.64 Å². The summed E-state index contributed by atoms with van der Waals surface area (Å²) in [5.74, 6) is -0.155. The van der Waals surface area contributed by atoms with E-state index in [0.29, 0.717) is 11.6 Å². The van der Waals surface area contributed by atoms with Crippen LogP contribution in [0.4, 0.5) is 11.4 Å². The predicted molar refractivity (Wildman–Crippen MR) is 104 cm³/mol. The number of piperidine rings is 1. The van der Waals surface area contributed by atoms with Crippen molar-refractivity contribution in [3.05, 3.63) is 69.8 Å². The Morgan fingerprint density at radius 2 is 1.93 bits per heavy atom. The molecule has 0 aromatic heterocycles. The van der Waals surface area contributed by atoms with Gasteiger partial charge in [-0.2, -0.15) is 5.26 Å². The number of esters is 1. The van der Waals surface area contributed by atoms with E-state index in [1.165, 1.54) is 17.7 Å². The minimum atomic E-state index is -0.716. The fourth-order valence-corrected chi connectivity index (χ4v) is 3.58. The molecule has 1 aliphatic heterocycles. The van der Waals surface area contributed by atoms with Gasteiger partial charge in [-0.15, -0.1) is 0 Å². The summed E-state index contributed by atoms with van der Waals surface area (Å²) < 4.78 is 4.89. The van der Waals surface area contributed by atoms with Crippen LogP contribution in [0.15, 0.2) is 48.5 Å². The maximum atomic E-state index is 12.3. The number of carbonyl (C=O) groups is 1. The standard InChI is InChI=1S/C21H21N3O4/c22-10-13-28-21(25)19-15-18(24(26)27)6-7-20(19)23-11-8-17(9-12-23)14-16-4-2-1-3-5-16/h1-7,15,17H,8-9,11-14H2. The van der Waals surface area contributed by atoms with Crippen LogP contribution in [-0.4, -0.2) is 30.6 Å². The Kier molecular flexibility index (Phi) is 6.22. The van der Waals surface area contributed by atoms with Crippen molar-refractivity contribution in [3.63, 3.8) is 0 Å². The quantitative estimate of drug-likeness (QED) is 0.431. The van der Waals surface area contributed by atoms with E-state index in [1.807, 2.05) is 18.2 Å². The van der Waals surface area contributed by atoms with E-state index >= 15 is 0 Å². The van der Waals surface area contributed by atoms with Crippen LogP contribution in [0, 0.1) is 27.4 Å². The lowest BCUT2D eigenvalue weighted by Gasteiger charge is -2.34. The van der Waals surface area contributed by atoms with Crippen molar-refractivity contribution in [1.82, 2.24) is 0 Å². The van der Waals surface area contributed by atoms with Crippen LogP contribution in [0.5, 0.6) is 0 Å². The molecule has 1 heterocycles. The first kappa shape index (κ1) is 19.4. The lowest BCUT2D eigenvalue weighted by molar-refractivity contribution is -0.384. The lowest BCUT2D eigenvalue weighted by Crippen LogP contribution is -2.35. The maximum Gasteiger partial charge on any atom is 0.341 e. The Morgan fingerprint density at radius 3 is 2.57 bits per heavy atom. The number of non-ortho nitro benzene ring substituents is 1. The molecule has 2 aromatic carbocycles. The van der Waals surface area contributed by atoms with Crippen molar-refractivity contribution < 1.29 is 14.5 Å². The number of carbonyl (C=O) groups excluding carboxylic acids is 1. The predicted octanol–water partition coefficient (Wildman–Crippen LogP) is 3.73. The number of anilines is 1. The molecule has 1 fully saturated rings. The van der Waals surface area contributed by atoms with E-state index < -0.39 is 10.9 Å². The van der Waals surface area contributed by atoms with Gasteiger partial charge >= 0.3 is 5.97 Å². The van der Waals surface area contributed by atoms with Gasteiger partial charge in [-0.1, -0.05) is 30.3 Å². The second-order valence-electron chi connectivity index (χ2n) is 6.81. The van der Waals surface area contributed by atoms with Crippen molar-refractivity contribution in [1.29, 1.82) is 5.26 Å². The molecule has 28 heavy (non-hydrogen) atoms. The number of hydrogen-bond acceptors (Lipinski definition) is 6. The molecule has 144 valence electrons. The van der Waals surface area contributed by atoms with Gasteiger partial charge in [-0.05, 0) is 36.8 Å². The summed E-state index contributed by atoms with van der Waals surface area (Å²) in [6, 6.07) is 16.3. The van der Waals surface area contributed by atoms with E-state index in [9.17, 15) is 14.9 Å². The third-order valence-electron chi connectivity index (χ3n) is 5.00. The van der Waals surface area contributed by atoms with Crippen LogP contribution in [0.2, 0.25) is 0 Å². The van der Waals surface area contributed by atoms with Crippen LogP contribution < -0.4 is 4.90 Å². The Hall–Kier alpha value is -3.40. The zero-order valence-corrected chi connectivity index (χ0v) is 15.4. The maximum absolute atomic E-state index is 12.3. The monoisotopic (exact) mass is 379 g/mol. The normalized spacial score (nSPS) is 14.3. The van der Waals surface area contributed by atoms with E-state index in [4.69, 9.17) is 10.00 Å². The average Bonchev–Trinajstić information content (AvgIpc) is 2.73. The van der Waals surface area contributed by atoms with Crippen LogP contribution in [0.25, 0.3) is 0 Å². The highest BCUT2D eigenvalue weighted by Crippen LogP contribution is 2.31. The van der Waals surface area contributed by atoms with Crippen molar-refractivity contribution in [2.75, 3.05) is 24.6 Å². The molecule has 0 saturated carbocycles. The minimum absolute atomic E-state index is 0.131. The lowest BCUT2D eigenvalue weighted by atomic mass is 9.90. The fourth-order valence-electron chi connectivity index (χ4n) is 3.58. The third kappa shape index (κ3) is 4.65. The molecule has 0 bridgehead atoms. The molecular weight excluding hydrogens is 358 g/mol. The highest BCUT2D eigenvalue weighted by atomic mass is 16.6. The molecule has 0 amide bonds. The molecule has 2 aromatic rings. The highest BCUT2D eigenvalue weighted by molar-refractivity contribution is 5.96. The molecule has 0 unspecified atom stereocenters. The molecule has 0 aliphatic carbocycles. The zero-order chi connectivity index (χ0) is 19.9. The Morgan fingerprint density at radius 1 is 1.21 bits per heavy atom. The van der Waals surface area contributed by atoms with Crippen LogP contribution in [0.3, 0.4) is 0 Å². The number of nitrogens with zero attached hydrogens (tertiary/aromatic N) is 3. The number of hydrogen-bond donors (Lipinski definition) is 0. The van der Waals surface area contributed by atoms with Gasteiger partial charge in [-0.25, -0.2) is 4.79 Å². The molecule has 0 radical (unpaired) electrons. The highest BCUT2D eigenvalue weighted by Gasteiger charge is 2.25. The molecule has 1 aliphatic rings. The number of nitro benzene ring substituents is 1. The summed E-state index contributed by atoms with van der Waals surface area (Å²) >= 11 is 0. The van der Waals surface area contributed by atoms with Crippen molar-refractivity contribution >= 4 is 17.3 Å². The largest absolute Gasteiger partial charge is 0.447 e. The first-order valence-corrected chi connectivity index (χ1v) is 9.20. The summed E-state index contributed by atoms with van der Waals surface area (Å²) in [4.78, 5) is 24.9. The zero-order valence-electron chi connectivity index (χ0n) is 15.4. The van der Waals surface area contributed by atoms with Gasteiger partial charge in [0.15, 0.2) is 6.61 Å². The Labute approximate surface area is 163 Å². The number of nitriles is 1. The fraction of sp³-hybridized carbons (Fsp3) is 0.333. The van der Waals surface area contributed by atoms with Crippen LogP contribution in [0.1, 0.15) is 28.8 Å². The van der Waals surface area contributed by atoms with E-state index in [-0.39, 0.29) is 17.9 Å². The van der Waals surface area contributed by atoms with Crippen molar-refractivity contribution in [2.24, 2.45) is 5.92 Å². The summed E-state index contributed by atoms with van der Waals surface area (Å²) in [5.41, 5.74) is 1.89. The van der Waals surface area contributed by atoms with E-state index in [2.05, 4.69) is 17.0 Å². The van der Waals surface area contributed by atoms with Gasteiger partial charge in [0.1, 0.15) is 6.07 Å². The third-order valence-corrected chi connectivity index (χ3v) is 5.00. The number of ether oxygens (including phenoxy) is 1. The topological polar surface area (TPSA) is 96.5 Å². The second-order valence-corrected chi connectivity index (χ2v) is 6.81. The SMILES string of the molecule is N#CCOC(=O)c1cc([N+](=O)[O-])ccc1N1CCC(Cc2ccccc2)CC1. The van der Waals surface area contributed by atoms with E-state index in [1.54, 1.807) is 12.1 Å². The second kappa shape index (κ2) is 9.00. The number of benzene rings is 2.